The zero-order valence-corrected chi connectivity index (χ0v) is 10.4. The van der Waals surface area contributed by atoms with E-state index in [9.17, 15) is 4.79 Å². The van der Waals surface area contributed by atoms with Gasteiger partial charge >= 0.3 is 0 Å². The molecule has 1 rings (SSSR count). The zero-order chi connectivity index (χ0) is 12.5. The Hall–Kier alpha value is -1.35. The molecule has 3 nitrogen and oxygen atoms in total. The molecule has 3 heteroatoms. The molecule has 2 N–H and O–H groups in total. The first-order valence-electron chi connectivity index (χ1n) is 6.15. The summed E-state index contributed by atoms with van der Waals surface area (Å²) in [5.74, 6) is 0.927. The minimum atomic E-state index is 0.191. The highest BCUT2D eigenvalue weighted by molar-refractivity contribution is 5.96. The smallest absolute Gasteiger partial charge is 0.163 e. The number of carbonyl (C=O) groups excluding carboxylic acids is 1. The number of hydrogen-bond donors (Lipinski definition) is 1. The van der Waals surface area contributed by atoms with E-state index < -0.39 is 0 Å². The second-order valence-electron chi connectivity index (χ2n) is 4.11. The summed E-state index contributed by atoms with van der Waals surface area (Å²) in [7, 11) is 1.61. The number of rotatable bonds is 8. The molecule has 0 heterocycles. The summed E-state index contributed by atoms with van der Waals surface area (Å²) in [5, 5.41) is 0. The summed E-state index contributed by atoms with van der Waals surface area (Å²) in [6.07, 6.45) is 4.79. The Labute approximate surface area is 103 Å². The maximum absolute atomic E-state index is 11.9. The van der Waals surface area contributed by atoms with Gasteiger partial charge < -0.3 is 10.5 Å². The van der Waals surface area contributed by atoms with Gasteiger partial charge in [0.1, 0.15) is 5.75 Å². The van der Waals surface area contributed by atoms with Gasteiger partial charge in [0.05, 0.1) is 7.11 Å². The van der Waals surface area contributed by atoms with E-state index in [1.165, 1.54) is 0 Å². The lowest BCUT2D eigenvalue weighted by atomic mass is 10.0. The van der Waals surface area contributed by atoms with Crippen molar-refractivity contribution < 1.29 is 9.53 Å². The molecule has 0 fully saturated rings. The summed E-state index contributed by atoms with van der Waals surface area (Å²) < 4.78 is 5.10. The number of Topliss-reactive ketones (excluding diaryl/α,β-unsaturated/α-hetero) is 1. The van der Waals surface area contributed by atoms with Gasteiger partial charge in [0.2, 0.25) is 0 Å². The first kappa shape index (κ1) is 13.7. The normalized spacial score (nSPS) is 10.2. The monoisotopic (exact) mass is 235 g/mol. The van der Waals surface area contributed by atoms with Gasteiger partial charge in [-0.1, -0.05) is 25.0 Å². The molecule has 0 saturated carbocycles. The molecule has 0 radical (unpaired) electrons. The van der Waals surface area contributed by atoms with Crippen LogP contribution in [0.1, 0.15) is 42.5 Å². The molecule has 1 aromatic carbocycles. The van der Waals surface area contributed by atoms with Crippen LogP contribution in [0, 0.1) is 0 Å². The predicted molar refractivity (Wildman–Crippen MR) is 69.5 cm³/mol. The van der Waals surface area contributed by atoms with Gasteiger partial charge in [-0.25, -0.2) is 0 Å². The van der Waals surface area contributed by atoms with Crippen LogP contribution in [0.25, 0.3) is 0 Å². The molecule has 1 aromatic rings. The van der Waals surface area contributed by atoms with Crippen molar-refractivity contribution in [2.45, 2.75) is 32.1 Å². The third kappa shape index (κ3) is 5.00. The van der Waals surface area contributed by atoms with E-state index in [1.54, 1.807) is 13.2 Å². The maximum Gasteiger partial charge on any atom is 0.163 e. The van der Waals surface area contributed by atoms with Crippen molar-refractivity contribution in [3.8, 4) is 5.75 Å². The van der Waals surface area contributed by atoms with Crippen LogP contribution in [-0.2, 0) is 0 Å². The fraction of sp³-hybridized carbons (Fsp3) is 0.500. The molecule has 0 bridgehead atoms. The minimum Gasteiger partial charge on any atom is -0.497 e. The molecule has 0 aliphatic rings. The summed E-state index contributed by atoms with van der Waals surface area (Å²) >= 11 is 0. The Morgan fingerprint density at radius 1 is 1.24 bits per heavy atom. The molecule has 94 valence electrons. The Morgan fingerprint density at radius 2 is 2.00 bits per heavy atom. The van der Waals surface area contributed by atoms with Crippen LogP contribution in [0.5, 0.6) is 5.75 Å². The van der Waals surface area contributed by atoms with E-state index in [2.05, 4.69) is 0 Å². The number of benzene rings is 1. The first-order valence-corrected chi connectivity index (χ1v) is 6.15. The molecule has 0 atom stereocenters. The van der Waals surface area contributed by atoms with Crippen molar-refractivity contribution in [2.75, 3.05) is 13.7 Å². The van der Waals surface area contributed by atoms with Crippen molar-refractivity contribution in [1.29, 1.82) is 0 Å². The highest BCUT2D eigenvalue weighted by atomic mass is 16.5. The van der Waals surface area contributed by atoms with Crippen LogP contribution in [0.2, 0.25) is 0 Å². The predicted octanol–water partition coefficient (Wildman–Crippen LogP) is 2.79. The molecule has 0 spiro atoms. The quantitative estimate of drug-likeness (QED) is 0.557. The Kier molecular flexibility index (Phi) is 6.33. The largest absolute Gasteiger partial charge is 0.497 e. The van der Waals surface area contributed by atoms with Crippen LogP contribution < -0.4 is 10.5 Å². The van der Waals surface area contributed by atoms with Crippen molar-refractivity contribution >= 4 is 5.78 Å². The molecule has 0 aliphatic carbocycles. The summed E-state index contributed by atoms with van der Waals surface area (Å²) in [4.78, 5) is 11.9. The second kappa shape index (κ2) is 7.85. The Morgan fingerprint density at radius 3 is 2.71 bits per heavy atom. The van der Waals surface area contributed by atoms with Gasteiger partial charge in [0.25, 0.3) is 0 Å². The lowest BCUT2D eigenvalue weighted by Crippen LogP contribution is -2.00. The van der Waals surface area contributed by atoms with Crippen molar-refractivity contribution in [3.63, 3.8) is 0 Å². The third-order valence-electron chi connectivity index (χ3n) is 2.75. The number of carbonyl (C=O) groups is 1. The number of ether oxygens (including phenoxy) is 1. The average Bonchev–Trinajstić information content (AvgIpc) is 2.38. The number of methoxy groups -OCH3 is 1. The van der Waals surface area contributed by atoms with E-state index in [0.29, 0.717) is 6.42 Å². The average molecular weight is 235 g/mol. The van der Waals surface area contributed by atoms with E-state index in [4.69, 9.17) is 10.5 Å². The Balaban J connectivity index is 2.36. The zero-order valence-electron chi connectivity index (χ0n) is 10.4. The standard InChI is InChI=1S/C14H21NO2/c1-17-13-8-6-7-12(11-13)14(16)9-4-2-3-5-10-15/h6-8,11H,2-5,9-10,15H2,1H3. The fourth-order valence-corrected chi connectivity index (χ4v) is 1.72. The van der Waals surface area contributed by atoms with Gasteiger partial charge in [0, 0.05) is 12.0 Å². The number of unbranched alkanes of at least 4 members (excludes halogenated alkanes) is 3. The SMILES string of the molecule is COc1cccc(C(=O)CCCCCCN)c1. The molecule has 0 amide bonds. The van der Waals surface area contributed by atoms with Crippen LogP contribution in [0.15, 0.2) is 24.3 Å². The van der Waals surface area contributed by atoms with Crippen LogP contribution in [0.3, 0.4) is 0 Å². The van der Waals surface area contributed by atoms with Crippen molar-refractivity contribution in [3.05, 3.63) is 29.8 Å². The molecular formula is C14H21NO2. The lowest BCUT2D eigenvalue weighted by molar-refractivity contribution is 0.0979. The van der Waals surface area contributed by atoms with Crippen LogP contribution >= 0.6 is 0 Å². The minimum absolute atomic E-state index is 0.191. The van der Waals surface area contributed by atoms with Crippen LogP contribution in [0.4, 0.5) is 0 Å². The van der Waals surface area contributed by atoms with E-state index >= 15 is 0 Å². The highest BCUT2D eigenvalue weighted by Gasteiger charge is 2.06. The summed E-state index contributed by atoms with van der Waals surface area (Å²) in [6, 6.07) is 7.32. The Bertz CT molecular complexity index is 350. The van der Waals surface area contributed by atoms with E-state index in [1.807, 2.05) is 18.2 Å². The highest BCUT2D eigenvalue weighted by Crippen LogP contribution is 2.15. The second-order valence-corrected chi connectivity index (χ2v) is 4.11. The van der Waals surface area contributed by atoms with Crippen molar-refractivity contribution in [2.24, 2.45) is 5.73 Å². The molecule has 17 heavy (non-hydrogen) atoms. The number of ketones is 1. The van der Waals surface area contributed by atoms with E-state index in [0.717, 1.165) is 43.5 Å². The number of nitrogens with two attached hydrogens (primary N) is 1. The summed E-state index contributed by atoms with van der Waals surface area (Å²) in [6.45, 7) is 0.740. The lowest BCUT2D eigenvalue weighted by Gasteiger charge is -2.04. The molecule has 0 unspecified atom stereocenters. The number of hydrogen-bond acceptors (Lipinski definition) is 3. The van der Waals surface area contributed by atoms with Gasteiger partial charge in [-0.2, -0.15) is 0 Å². The third-order valence-corrected chi connectivity index (χ3v) is 2.75. The topological polar surface area (TPSA) is 52.3 Å². The van der Waals surface area contributed by atoms with Crippen LogP contribution in [-0.4, -0.2) is 19.4 Å². The van der Waals surface area contributed by atoms with Gasteiger partial charge in [-0.3, -0.25) is 4.79 Å². The van der Waals surface area contributed by atoms with Gasteiger partial charge in [0.15, 0.2) is 5.78 Å². The van der Waals surface area contributed by atoms with Gasteiger partial charge in [-0.15, -0.1) is 0 Å². The van der Waals surface area contributed by atoms with E-state index in [-0.39, 0.29) is 5.78 Å². The molecule has 0 saturated heterocycles. The first-order chi connectivity index (χ1) is 8.27. The summed E-state index contributed by atoms with van der Waals surface area (Å²) in [5.41, 5.74) is 6.15. The molecular weight excluding hydrogens is 214 g/mol. The molecule has 0 aromatic heterocycles. The fourth-order valence-electron chi connectivity index (χ4n) is 1.72. The van der Waals surface area contributed by atoms with Crippen molar-refractivity contribution in [1.82, 2.24) is 0 Å². The molecule has 0 aliphatic heterocycles. The van der Waals surface area contributed by atoms with Gasteiger partial charge in [-0.05, 0) is 31.5 Å². The maximum atomic E-state index is 11.9.